The molecule has 19 heavy (non-hydrogen) atoms. The van der Waals surface area contributed by atoms with E-state index in [1.807, 2.05) is 17.0 Å². The Labute approximate surface area is 123 Å². The van der Waals surface area contributed by atoms with E-state index in [1.54, 1.807) is 11.3 Å². The Kier molecular flexibility index (Phi) is 5.25. The van der Waals surface area contributed by atoms with Crippen LogP contribution < -0.4 is 5.32 Å². The highest BCUT2D eigenvalue weighted by atomic mass is 35.5. The van der Waals surface area contributed by atoms with Crippen molar-refractivity contribution in [1.82, 2.24) is 10.2 Å². The van der Waals surface area contributed by atoms with Gasteiger partial charge in [0.2, 0.25) is 5.91 Å². The van der Waals surface area contributed by atoms with Crippen molar-refractivity contribution in [1.29, 1.82) is 0 Å². The summed E-state index contributed by atoms with van der Waals surface area (Å²) in [5.74, 6) is 0.252. The Morgan fingerprint density at radius 2 is 2.32 bits per heavy atom. The first-order valence-electron chi connectivity index (χ1n) is 6.85. The molecule has 0 aromatic carbocycles. The molecule has 0 bridgehead atoms. The maximum Gasteiger partial charge on any atom is 0.239 e. The van der Waals surface area contributed by atoms with Crippen LogP contribution in [-0.2, 0) is 11.2 Å². The lowest BCUT2D eigenvalue weighted by molar-refractivity contribution is -0.136. The van der Waals surface area contributed by atoms with E-state index in [9.17, 15) is 4.79 Å². The third-order valence-electron chi connectivity index (χ3n) is 3.32. The zero-order valence-electron chi connectivity index (χ0n) is 11.5. The van der Waals surface area contributed by atoms with Crippen LogP contribution in [-0.4, -0.2) is 36.0 Å². The van der Waals surface area contributed by atoms with E-state index < -0.39 is 0 Å². The smallest absolute Gasteiger partial charge is 0.239 e. The molecule has 0 saturated carbocycles. The Balaban J connectivity index is 1.87. The number of halogens is 1. The number of likely N-dealkylation sites (tertiary alicyclic amines) is 1. The van der Waals surface area contributed by atoms with Crippen LogP contribution in [0.5, 0.6) is 0 Å². The predicted molar refractivity (Wildman–Crippen MR) is 80.9 cm³/mol. The molecule has 0 spiro atoms. The van der Waals surface area contributed by atoms with Gasteiger partial charge in [-0.3, -0.25) is 4.79 Å². The quantitative estimate of drug-likeness (QED) is 0.907. The second-order valence-corrected chi connectivity index (χ2v) is 7.10. The van der Waals surface area contributed by atoms with Crippen molar-refractivity contribution in [2.45, 2.75) is 45.2 Å². The maximum atomic E-state index is 12.3. The van der Waals surface area contributed by atoms with Gasteiger partial charge in [0.15, 0.2) is 0 Å². The van der Waals surface area contributed by atoms with Crippen LogP contribution in [0.15, 0.2) is 12.1 Å². The fourth-order valence-corrected chi connectivity index (χ4v) is 3.53. The van der Waals surface area contributed by atoms with E-state index in [0.29, 0.717) is 6.04 Å². The molecule has 1 saturated heterocycles. The Morgan fingerprint density at radius 1 is 1.53 bits per heavy atom. The van der Waals surface area contributed by atoms with Gasteiger partial charge in [0.05, 0.1) is 10.4 Å². The van der Waals surface area contributed by atoms with Crippen LogP contribution in [0.1, 0.15) is 31.6 Å². The summed E-state index contributed by atoms with van der Waals surface area (Å²) >= 11 is 7.52. The zero-order valence-corrected chi connectivity index (χ0v) is 13.1. The second kappa shape index (κ2) is 6.73. The molecule has 1 aliphatic rings. The molecule has 1 aliphatic heterocycles. The largest absolute Gasteiger partial charge is 0.341 e. The molecular formula is C14H21ClN2OS. The van der Waals surface area contributed by atoms with Crippen molar-refractivity contribution in [3.05, 3.63) is 21.3 Å². The maximum absolute atomic E-state index is 12.3. The fraction of sp³-hybridized carbons (Fsp3) is 0.643. The molecule has 1 aromatic rings. The average Bonchev–Trinajstić information content (AvgIpc) is 2.76. The van der Waals surface area contributed by atoms with Gasteiger partial charge >= 0.3 is 0 Å². The standard InChI is InChI=1S/C14H21ClN2OS/c1-10(2)16-12-4-3-8-17(14(12)18)9-7-11-5-6-13(15)19-11/h5-6,10,12,16H,3-4,7-9H2,1-2H3. The summed E-state index contributed by atoms with van der Waals surface area (Å²) in [5, 5.41) is 3.35. The molecule has 1 N–H and O–H groups in total. The predicted octanol–water partition coefficient (Wildman–Crippen LogP) is 2.93. The lowest BCUT2D eigenvalue weighted by atomic mass is 10.0. The first-order chi connectivity index (χ1) is 9.06. The van der Waals surface area contributed by atoms with E-state index in [1.165, 1.54) is 4.88 Å². The zero-order chi connectivity index (χ0) is 13.8. The molecule has 0 radical (unpaired) electrons. The summed E-state index contributed by atoms with van der Waals surface area (Å²) < 4.78 is 0.819. The van der Waals surface area contributed by atoms with Gasteiger partial charge in [-0.05, 0) is 31.4 Å². The Hall–Kier alpha value is -0.580. The third-order valence-corrected chi connectivity index (χ3v) is 4.61. The number of amides is 1. The Morgan fingerprint density at radius 3 is 2.95 bits per heavy atom. The van der Waals surface area contributed by atoms with Crippen LogP contribution in [0.2, 0.25) is 4.34 Å². The molecule has 3 nitrogen and oxygen atoms in total. The normalized spacial score (nSPS) is 20.3. The van der Waals surface area contributed by atoms with Crippen LogP contribution in [0, 0.1) is 0 Å². The van der Waals surface area contributed by atoms with Crippen LogP contribution in [0.3, 0.4) is 0 Å². The average molecular weight is 301 g/mol. The van der Waals surface area contributed by atoms with E-state index >= 15 is 0 Å². The number of hydrogen-bond acceptors (Lipinski definition) is 3. The molecular weight excluding hydrogens is 280 g/mol. The van der Waals surface area contributed by atoms with E-state index in [2.05, 4.69) is 19.2 Å². The minimum Gasteiger partial charge on any atom is -0.341 e. The molecule has 106 valence electrons. The molecule has 1 fully saturated rings. The molecule has 0 aliphatic carbocycles. The number of carbonyl (C=O) groups is 1. The number of piperidine rings is 1. The highest BCUT2D eigenvalue weighted by molar-refractivity contribution is 7.16. The minimum absolute atomic E-state index is 0.000624. The second-order valence-electron chi connectivity index (χ2n) is 5.30. The number of rotatable bonds is 5. The first-order valence-corrected chi connectivity index (χ1v) is 8.05. The van der Waals surface area contributed by atoms with Gasteiger partial charge in [0.25, 0.3) is 0 Å². The molecule has 5 heteroatoms. The van der Waals surface area contributed by atoms with Gasteiger partial charge in [-0.15, -0.1) is 11.3 Å². The van der Waals surface area contributed by atoms with Gasteiger partial charge in [-0.1, -0.05) is 25.4 Å². The molecule has 1 amide bonds. The van der Waals surface area contributed by atoms with Gasteiger partial charge < -0.3 is 10.2 Å². The molecule has 2 heterocycles. The lowest BCUT2D eigenvalue weighted by Crippen LogP contribution is -2.52. The van der Waals surface area contributed by atoms with Crippen LogP contribution >= 0.6 is 22.9 Å². The molecule has 1 aromatic heterocycles. The SMILES string of the molecule is CC(C)NC1CCCN(CCc2ccc(Cl)s2)C1=O. The monoisotopic (exact) mass is 300 g/mol. The highest BCUT2D eigenvalue weighted by Gasteiger charge is 2.28. The van der Waals surface area contributed by atoms with Crippen molar-refractivity contribution < 1.29 is 4.79 Å². The summed E-state index contributed by atoms with van der Waals surface area (Å²) in [7, 11) is 0. The Bertz CT molecular complexity index is 433. The summed E-state index contributed by atoms with van der Waals surface area (Å²) in [6, 6.07) is 4.32. The summed E-state index contributed by atoms with van der Waals surface area (Å²) in [6.45, 7) is 5.85. The van der Waals surface area contributed by atoms with Crippen molar-refractivity contribution >= 4 is 28.8 Å². The molecule has 2 rings (SSSR count). The van der Waals surface area contributed by atoms with Crippen molar-refractivity contribution in [3.63, 3.8) is 0 Å². The van der Waals surface area contributed by atoms with Gasteiger partial charge in [0, 0.05) is 24.0 Å². The van der Waals surface area contributed by atoms with E-state index in [0.717, 1.165) is 36.7 Å². The number of nitrogens with one attached hydrogen (secondary N) is 1. The summed E-state index contributed by atoms with van der Waals surface area (Å²) in [4.78, 5) is 15.6. The van der Waals surface area contributed by atoms with Crippen LogP contribution in [0.4, 0.5) is 0 Å². The van der Waals surface area contributed by atoms with Crippen molar-refractivity contribution in [2.75, 3.05) is 13.1 Å². The fourth-order valence-electron chi connectivity index (χ4n) is 2.45. The van der Waals surface area contributed by atoms with Crippen molar-refractivity contribution in [2.24, 2.45) is 0 Å². The third kappa shape index (κ3) is 4.20. The first kappa shape index (κ1) is 14.8. The van der Waals surface area contributed by atoms with Gasteiger partial charge in [-0.2, -0.15) is 0 Å². The summed E-state index contributed by atoms with van der Waals surface area (Å²) in [5.41, 5.74) is 0. The van der Waals surface area contributed by atoms with E-state index in [4.69, 9.17) is 11.6 Å². The van der Waals surface area contributed by atoms with Crippen molar-refractivity contribution in [3.8, 4) is 0 Å². The minimum atomic E-state index is 0.000624. The lowest BCUT2D eigenvalue weighted by Gasteiger charge is -2.33. The number of nitrogens with zero attached hydrogens (tertiary/aromatic N) is 1. The topological polar surface area (TPSA) is 32.3 Å². The van der Waals surface area contributed by atoms with Crippen LogP contribution in [0.25, 0.3) is 0 Å². The number of carbonyl (C=O) groups excluding carboxylic acids is 1. The number of hydrogen-bond donors (Lipinski definition) is 1. The summed E-state index contributed by atoms with van der Waals surface area (Å²) in [6.07, 6.45) is 2.94. The van der Waals surface area contributed by atoms with E-state index in [-0.39, 0.29) is 11.9 Å². The number of thiophene rings is 1. The van der Waals surface area contributed by atoms with Gasteiger partial charge in [-0.25, -0.2) is 0 Å². The molecule has 1 atom stereocenters. The van der Waals surface area contributed by atoms with Gasteiger partial charge in [0.1, 0.15) is 0 Å². The molecule has 1 unspecified atom stereocenters. The highest BCUT2D eigenvalue weighted by Crippen LogP contribution is 2.22.